The Morgan fingerprint density at radius 3 is 2.59 bits per heavy atom. The van der Waals surface area contributed by atoms with Gasteiger partial charge in [-0.25, -0.2) is 0 Å². The van der Waals surface area contributed by atoms with Gasteiger partial charge in [-0.3, -0.25) is 14.9 Å². The van der Waals surface area contributed by atoms with Gasteiger partial charge in [0.1, 0.15) is 12.6 Å². The van der Waals surface area contributed by atoms with Crippen LogP contribution in [0.4, 0.5) is 0 Å². The standard InChI is InChI=1S/C16H22N2O4/c1-10(20)15(14(21)9-19)18-16(22)13-8-7-12(17-13)11-5-3-2-4-6-11/h2-6,10,12-13,15,17,19-20H,7-9H2,1H3,(H,18,22)/t10-,12+,13-,15+/m1/s1. The summed E-state index contributed by atoms with van der Waals surface area (Å²) in [6.45, 7) is 0.702. The van der Waals surface area contributed by atoms with Crippen LogP contribution >= 0.6 is 0 Å². The molecule has 1 fully saturated rings. The third-order valence-corrected chi connectivity index (χ3v) is 3.95. The van der Waals surface area contributed by atoms with Crippen LogP contribution in [0.25, 0.3) is 0 Å². The van der Waals surface area contributed by atoms with Crippen LogP contribution in [0.15, 0.2) is 30.3 Å². The molecule has 2 rings (SSSR count). The van der Waals surface area contributed by atoms with Crippen molar-refractivity contribution in [1.29, 1.82) is 0 Å². The average Bonchev–Trinajstić information content (AvgIpc) is 3.02. The lowest BCUT2D eigenvalue weighted by Crippen LogP contribution is -2.53. The molecular formula is C16H22N2O4. The molecule has 1 aromatic carbocycles. The first kappa shape index (κ1) is 16.6. The van der Waals surface area contributed by atoms with Gasteiger partial charge in [0.15, 0.2) is 5.78 Å². The number of benzene rings is 1. The van der Waals surface area contributed by atoms with Crippen LogP contribution in [0.5, 0.6) is 0 Å². The number of carbonyl (C=O) groups is 2. The van der Waals surface area contributed by atoms with Gasteiger partial charge in [0.25, 0.3) is 0 Å². The van der Waals surface area contributed by atoms with Crippen LogP contribution in [0.1, 0.15) is 31.4 Å². The molecule has 4 atom stereocenters. The number of rotatable bonds is 6. The Bertz CT molecular complexity index is 518. The highest BCUT2D eigenvalue weighted by Gasteiger charge is 2.33. The Labute approximate surface area is 129 Å². The quantitative estimate of drug-likeness (QED) is 0.589. The van der Waals surface area contributed by atoms with E-state index in [4.69, 9.17) is 5.11 Å². The van der Waals surface area contributed by atoms with Gasteiger partial charge in [0.2, 0.25) is 5.91 Å². The van der Waals surface area contributed by atoms with E-state index in [1.54, 1.807) is 0 Å². The molecule has 22 heavy (non-hydrogen) atoms. The van der Waals surface area contributed by atoms with Crippen molar-refractivity contribution in [1.82, 2.24) is 10.6 Å². The summed E-state index contributed by atoms with van der Waals surface area (Å²) in [4.78, 5) is 23.8. The first-order valence-corrected chi connectivity index (χ1v) is 7.46. The highest BCUT2D eigenvalue weighted by molar-refractivity contribution is 5.92. The van der Waals surface area contributed by atoms with Crippen molar-refractivity contribution in [2.75, 3.05) is 6.61 Å². The lowest BCUT2D eigenvalue weighted by Gasteiger charge is -2.22. The van der Waals surface area contributed by atoms with Gasteiger partial charge < -0.3 is 15.5 Å². The van der Waals surface area contributed by atoms with Gasteiger partial charge in [-0.1, -0.05) is 30.3 Å². The highest BCUT2D eigenvalue weighted by Crippen LogP contribution is 2.26. The van der Waals surface area contributed by atoms with Gasteiger partial charge in [-0.15, -0.1) is 0 Å². The van der Waals surface area contributed by atoms with Crippen molar-refractivity contribution in [2.24, 2.45) is 0 Å². The second-order valence-electron chi connectivity index (χ2n) is 5.61. The Balaban J connectivity index is 1.95. The number of amides is 1. The number of carbonyl (C=O) groups excluding carboxylic acids is 2. The summed E-state index contributed by atoms with van der Waals surface area (Å²) in [7, 11) is 0. The molecule has 0 unspecified atom stereocenters. The van der Waals surface area contributed by atoms with E-state index in [0.29, 0.717) is 6.42 Å². The summed E-state index contributed by atoms with van der Waals surface area (Å²) < 4.78 is 0. The van der Waals surface area contributed by atoms with E-state index in [2.05, 4.69) is 10.6 Å². The molecule has 1 aliphatic rings. The number of aliphatic hydroxyl groups is 2. The van der Waals surface area contributed by atoms with Crippen molar-refractivity contribution < 1.29 is 19.8 Å². The van der Waals surface area contributed by atoms with E-state index in [1.165, 1.54) is 6.92 Å². The molecule has 0 aliphatic carbocycles. The minimum atomic E-state index is -1.07. The van der Waals surface area contributed by atoms with Crippen molar-refractivity contribution in [2.45, 2.75) is 44.0 Å². The number of hydrogen-bond donors (Lipinski definition) is 4. The van der Waals surface area contributed by atoms with Crippen LogP contribution in [-0.2, 0) is 9.59 Å². The fourth-order valence-corrected chi connectivity index (χ4v) is 2.72. The zero-order chi connectivity index (χ0) is 16.1. The van der Waals surface area contributed by atoms with E-state index in [0.717, 1.165) is 12.0 Å². The number of Topliss-reactive ketones (excluding diaryl/α,β-unsaturated/α-hetero) is 1. The summed E-state index contributed by atoms with van der Waals surface area (Å²) in [5.74, 6) is -0.924. The average molecular weight is 306 g/mol. The van der Waals surface area contributed by atoms with Gasteiger partial charge in [0.05, 0.1) is 12.1 Å². The van der Waals surface area contributed by atoms with Gasteiger partial charge in [-0.05, 0) is 25.3 Å². The lowest BCUT2D eigenvalue weighted by molar-refractivity contribution is -0.132. The second kappa shape index (κ2) is 7.49. The summed E-state index contributed by atoms with van der Waals surface area (Å²) >= 11 is 0. The maximum Gasteiger partial charge on any atom is 0.237 e. The minimum Gasteiger partial charge on any atom is -0.391 e. The Kier molecular flexibility index (Phi) is 5.65. The third-order valence-electron chi connectivity index (χ3n) is 3.95. The molecule has 0 saturated carbocycles. The zero-order valence-corrected chi connectivity index (χ0v) is 12.5. The van der Waals surface area contributed by atoms with Crippen molar-refractivity contribution >= 4 is 11.7 Å². The Hall–Kier alpha value is -1.76. The molecule has 1 saturated heterocycles. The van der Waals surface area contributed by atoms with E-state index in [-0.39, 0.29) is 11.9 Å². The van der Waals surface area contributed by atoms with E-state index in [1.807, 2.05) is 30.3 Å². The molecular weight excluding hydrogens is 284 g/mol. The molecule has 0 radical (unpaired) electrons. The summed E-state index contributed by atoms with van der Waals surface area (Å²) in [6.07, 6.45) is 0.440. The van der Waals surface area contributed by atoms with Crippen LogP contribution in [-0.4, -0.2) is 46.7 Å². The fourth-order valence-electron chi connectivity index (χ4n) is 2.72. The van der Waals surface area contributed by atoms with Crippen molar-refractivity contribution in [3.63, 3.8) is 0 Å². The van der Waals surface area contributed by atoms with Gasteiger partial charge >= 0.3 is 0 Å². The molecule has 6 nitrogen and oxygen atoms in total. The first-order chi connectivity index (χ1) is 10.5. The maximum atomic E-state index is 12.2. The van der Waals surface area contributed by atoms with Gasteiger partial charge in [0, 0.05) is 6.04 Å². The SMILES string of the molecule is C[C@@H](O)[C@H](NC(=O)[C@H]1CC[C@@H](c2ccccc2)N1)C(=O)CO. The number of nitrogens with one attached hydrogen (secondary N) is 2. The molecule has 1 aliphatic heterocycles. The van der Waals surface area contributed by atoms with Crippen LogP contribution in [0.2, 0.25) is 0 Å². The molecule has 0 aromatic heterocycles. The molecule has 1 aromatic rings. The topological polar surface area (TPSA) is 98.7 Å². The van der Waals surface area contributed by atoms with Crippen LogP contribution in [0, 0.1) is 0 Å². The molecule has 4 N–H and O–H groups in total. The fraction of sp³-hybridized carbons (Fsp3) is 0.500. The van der Waals surface area contributed by atoms with E-state index < -0.39 is 30.6 Å². The summed E-state index contributed by atoms with van der Waals surface area (Å²) in [5.41, 5.74) is 1.12. The molecule has 1 amide bonds. The van der Waals surface area contributed by atoms with Crippen LogP contribution < -0.4 is 10.6 Å². The third kappa shape index (κ3) is 3.91. The number of hydrogen-bond acceptors (Lipinski definition) is 5. The molecule has 0 bridgehead atoms. The normalized spacial score (nSPS) is 23.8. The molecule has 1 heterocycles. The predicted molar refractivity (Wildman–Crippen MR) is 81.0 cm³/mol. The summed E-state index contributed by atoms with van der Waals surface area (Å²) in [6, 6.07) is 8.49. The van der Waals surface area contributed by atoms with Crippen molar-refractivity contribution in [3.05, 3.63) is 35.9 Å². The first-order valence-electron chi connectivity index (χ1n) is 7.46. The Morgan fingerprint density at radius 2 is 2.00 bits per heavy atom. The predicted octanol–water partition coefficient (Wildman–Crippen LogP) is -0.0933. The summed E-state index contributed by atoms with van der Waals surface area (Å²) in [5, 5.41) is 24.2. The van der Waals surface area contributed by atoms with Crippen LogP contribution in [0.3, 0.4) is 0 Å². The van der Waals surface area contributed by atoms with Gasteiger partial charge in [-0.2, -0.15) is 0 Å². The number of ketones is 1. The maximum absolute atomic E-state index is 12.2. The second-order valence-corrected chi connectivity index (χ2v) is 5.61. The highest BCUT2D eigenvalue weighted by atomic mass is 16.3. The van der Waals surface area contributed by atoms with E-state index >= 15 is 0 Å². The molecule has 120 valence electrons. The van der Waals surface area contributed by atoms with E-state index in [9.17, 15) is 14.7 Å². The zero-order valence-electron chi connectivity index (χ0n) is 12.5. The minimum absolute atomic E-state index is 0.107. The largest absolute Gasteiger partial charge is 0.391 e. The monoisotopic (exact) mass is 306 g/mol. The Morgan fingerprint density at radius 1 is 1.32 bits per heavy atom. The number of aliphatic hydroxyl groups excluding tert-OH is 2. The molecule has 6 heteroatoms. The molecule has 0 spiro atoms. The smallest absolute Gasteiger partial charge is 0.237 e. The lowest BCUT2D eigenvalue weighted by atomic mass is 10.1. The van der Waals surface area contributed by atoms with Crippen molar-refractivity contribution in [3.8, 4) is 0 Å².